The molecule has 8 nitrogen and oxygen atoms in total. The number of ether oxygens (including phenoxy) is 2. The molecule has 41 heavy (non-hydrogen) atoms. The highest BCUT2D eigenvalue weighted by atomic mass is 32.1. The third-order valence-corrected chi connectivity index (χ3v) is 9.01. The van der Waals surface area contributed by atoms with E-state index < -0.39 is 5.91 Å². The Bertz CT molecular complexity index is 1560. The summed E-state index contributed by atoms with van der Waals surface area (Å²) in [7, 11) is 3.24. The fourth-order valence-corrected chi connectivity index (χ4v) is 6.93. The molecule has 0 bridgehead atoms. The molecule has 2 aromatic carbocycles. The minimum absolute atomic E-state index is 0.00272. The van der Waals surface area contributed by atoms with Crippen LogP contribution in [0.25, 0.3) is 0 Å². The Morgan fingerprint density at radius 3 is 2.51 bits per heavy atom. The number of methoxy groups -OCH3 is 2. The predicted molar refractivity (Wildman–Crippen MR) is 163 cm³/mol. The summed E-state index contributed by atoms with van der Waals surface area (Å²) in [6, 6.07) is 13.4. The predicted octanol–water partition coefficient (Wildman–Crippen LogP) is 6.44. The summed E-state index contributed by atoms with van der Waals surface area (Å²) in [6.07, 6.45) is 9.60. The quantitative estimate of drug-likeness (QED) is 0.294. The van der Waals surface area contributed by atoms with Gasteiger partial charge in [0.15, 0.2) is 11.5 Å². The fraction of sp³-hybridized carbons (Fsp3) is 0.406. The molecule has 2 heterocycles. The Labute approximate surface area is 245 Å². The number of amides is 1. The molecule has 1 aliphatic heterocycles. The van der Waals surface area contributed by atoms with Crippen LogP contribution in [-0.2, 0) is 0 Å². The Morgan fingerprint density at radius 2 is 1.76 bits per heavy atom. The van der Waals surface area contributed by atoms with Gasteiger partial charge in [0.25, 0.3) is 11.5 Å². The lowest BCUT2D eigenvalue weighted by Crippen LogP contribution is -2.44. The number of H-pyrrole nitrogens is 1. The van der Waals surface area contributed by atoms with Crippen molar-refractivity contribution in [2.45, 2.75) is 74.6 Å². The molecule has 1 fully saturated rings. The molecule has 0 spiro atoms. The number of allylic oxidation sites excluding steroid dienone is 2. The third kappa shape index (κ3) is 5.12. The Morgan fingerprint density at radius 1 is 1.00 bits per heavy atom. The van der Waals surface area contributed by atoms with Crippen LogP contribution < -0.4 is 25.2 Å². The second-order valence-corrected chi connectivity index (χ2v) is 11.5. The van der Waals surface area contributed by atoms with Gasteiger partial charge in [-0.3, -0.25) is 9.59 Å². The van der Waals surface area contributed by atoms with Gasteiger partial charge in [0.05, 0.1) is 25.5 Å². The highest BCUT2D eigenvalue weighted by Gasteiger charge is 2.41. The average molecular weight is 573 g/mol. The van der Waals surface area contributed by atoms with Crippen LogP contribution in [0.4, 0.5) is 11.5 Å². The number of fused-ring (bicyclic) bond motifs is 1. The number of benzene rings is 2. The Kier molecular flexibility index (Phi) is 7.79. The van der Waals surface area contributed by atoms with Crippen LogP contribution in [0.2, 0.25) is 0 Å². The minimum Gasteiger partial charge on any atom is -0.493 e. The maximum absolute atomic E-state index is 14.1. The molecule has 1 amide bonds. The molecular formula is C32H36N4O4S. The SMILES string of the molecule is COc1ccc(C2C3=C(CCCC3)N(C3CCCCC3)c3nc(C(=O)Nc4ccccc4S)[nH]c(=O)c32)cc1OC. The van der Waals surface area contributed by atoms with Crippen molar-refractivity contribution < 1.29 is 14.3 Å². The standard InChI is InChI=1S/C32H36N4O4S/c1-39-24-17-16-19(18-25(24)40-2)27-21-12-6-8-14-23(21)36(20-10-4-3-5-11-20)30-28(27)31(37)35-29(34-30)32(38)33-22-13-7-9-15-26(22)41/h7,9,13,15-18,20,27,41H,3-6,8,10-12,14H2,1-2H3,(H,33,38)(H,34,35,37). The van der Waals surface area contributed by atoms with Crippen LogP contribution in [0.5, 0.6) is 11.5 Å². The van der Waals surface area contributed by atoms with E-state index in [0.717, 1.165) is 56.9 Å². The molecule has 1 atom stereocenters. The number of carbonyl (C=O) groups excluding carboxylic acids is 1. The topological polar surface area (TPSA) is 96.5 Å². The molecule has 2 aliphatic carbocycles. The number of hydrogen-bond donors (Lipinski definition) is 3. The molecule has 3 aliphatic rings. The molecule has 0 radical (unpaired) electrons. The first-order valence-corrected chi connectivity index (χ1v) is 14.9. The van der Waals surface area contributed by atoms with Crippen molar-refractivity contribution >= 4 is 30.0 Å². The number of aromatic nitrogens is 2. The number of anilines is 2. The van der Waals surface area contributed by atoms with Crippen LogP contribution in [-0.4, -0.2) is 36.1 Å². The van der Waals surface area contributed by atoms with E-state index in [1.807, 2.05) is 30.3 Å². The smallest absolute Gasteiger partial charge is 0.291 e. The van der Waals surface area contributed by atoms with Gasteiger partial charge in [-0.15, -0.1) is 12.6 Å². The number of thiol groups is 1. The molecule has 0 saturated heterocycles. The second-order valence-electron chi connectivity index (χ2n) is 11.0. The molecule has 1 aromatic heterocycles. The lowest BCUT2D eigenvalue weighted by atomic mass is 9.75. The molecule has 214 valence electrons. The maximum Gasteiger partial charge on any atom is 0.291 e. The van der Waals surface area contributed by atoms with E-state index in [4.69, 9.17) is 14.5 Å². The monoisotopic (exact) mass is 572 g/mol. The zero-order valence-corrected chi connectivity index (χ0v) is 24.4. The Balaban J connectivity index is 1.53. The van der Waals surface area contributed by atoms with Gasteiger partial charge in [-0.1, -0.05) is 37.5 Å². The van der Waals surface area contributed by atoms with Gasteiger partial charge in [-0.2, -0.15) is 0 Å². The summed E-state index contributed by atoms with van der Waals surface area (Å²) in [4.78, 5) is 38.3. The van der Waals surface area contributed by atoms with Crippen molar-refractivity contribution in [1.29, 1.82) is 0 Å². The second kappa shape index (κ2) is 11.6. The number of carbonyl (C=O) groups is 1. The molecule has 9 heteroatoms. The van der Waals surface area contributed by atoms with Crippen LogP contribution in [0.1, 0.15) is 85.5 Å². The van der Waals surface area contributed by atoms with Crippen molar-refractivity contribution in [3.05, 3.63) is 81.0 Å². The van der Waals surface area contributed by atoms with Crippen molar-refractivity contribution in [2.24, 2.45) is 0 Å². The van der Waals surface area contributed by atoms with E-state index in [9.17, 15) is 9.59 Å². The Hall–Kier alpha value is -3.72. The van der Waals surface area contributed by atoms with E-state index in [-0.39, 0.29) is 23.3 Å². The number of aromatic amines is 1. The van der Waals surface area contributed by atoms with Crippen molar-refractivity contribution in [2.75, 3.05) is 24.4 Å². The summed E-state index contributed by atoms with van der Waals surface area (Å²) in [5.41, 5.74) is 4.35. The maximum atomic E-state index is 14.1. The molecule has 6 rings (SSSR count). The van der Waals surface area contributed by atoms with Gasteiger partial charge in [-0.05, 0) is 73.9 Å². The first-order chi connectivity index (χ1) is 20.0. The van der Waals surface area contributed by atoms with Gasteiger partial charge in [0.2, 0.25) is 5.82 Å². The number of nitrogens with one attached hydrogen (secondary N) is 2. The van der Waals surface area contributed by atoms with E-state index >= 15 is 0 Å². The van der Waals surface area contributed by atoms with Gasteiger partial charge < -0.3 is 24.7 Å². The van der Waals surface area contributed by atoms with E-state index in [1.54, 1.807) is 26.4 Å². The highest BCUT2D eigenvalue weighted by Crippen LogP contribution is 2.50. The largest absolute Gasteiger partial charge is 0.493 e. The van der Waals surface area contributed by atoms with Gasteiger partial charge >= 0.3 is 0 Å². The number of hydrogen-bond acceptors (Lipinski definition) is 7. The molecule has 1 unspecified atom stereocenters. The van der Waals surface area contributed by atoms with E-state index in [1.165, 1.54) is 17.7 Å². The van der Waals surface area contributed by atoms with Crippen LogP contribution in [0, 0.1) is 0 Å². The van der Waals surface area contributed by atoms with Gasteiger partial charge in [0, 0.05) is 22.6 Å². The van der Waals surface area contributed by atoms with Crippen molar-refractivity contribution in [3.63, 3.8) is 0 Å². The summed E-state index contributed by atoms with van der Waals surface area (Å²) < 4.78 is 11.1. The van der Waals surface area contributed by atoms with Gasteiger partial charge in [-0.25, -0.2) is 4.98 Å². The lowest BCUT2D eigenvalue weighted by Gasteiger charge is -2.45. The lowest BCUT2D eigenvalue weighted by molar-refractivity contribution is 0.101. The zero-order chi connectivity index (χ0) is 28.5. The van der Waals surface area contributed by atoms with Crippen molar-refractivity contribution in [1.82, 2.24) is 9.97 Å². The fourth-order valence-electron chi connectivity index (χ4n) is 6.72. The van der Waals surface area contributed by atoms with Crippen molar-refractivity contribution in [3.8, 4) is 11.5 Å². The number of rotatable bonds is 6. The third-order valence-electron chi connectivity index (χ3n) is 8.62. The molecule has 3 aromatic rings. The van der Waals surface area contributed by atoms with Crippen LogP contribution in [0.3, 0.4) is 0 Å². The molecular weight excluding hydrogens is 536 g/mol. The number of para-hydroxylation sites is 1. The first-order valence-electron chi connectivity index (χ1n) is 14.5. The van der Waals surface area contributed by atoms with Crippen LogP contribution in [0.15, 0.2) is 63.4 Å². The molecule has 2 N–H and O–H groups in total. The normalized spacial score (nSPS) is 18.9. The van der Waals surface area contributed by atoms with E-state index in [0.29, 0.717) is 33.5 Å². The summed E-state index contributed by atoms with van der Waals surface area (Å²) in [5, 5.41) is 2.87. The number of nitrogens with zero attached hydrogens (tertiary/aromatic N) is 2. The minimum atomic E-state index is -0.471. The average Bonchev–Trinajstić information content (AvgIpc) is 3.01. The summed E-state index contributed by atoms with van der Waals surface area (Å²) in [6.45, 7) is 0. The highest BCUT2D eigenvalue weighted by molar-refractivity contribution is 7.80. The first kappa shape index (κ1) is 27.4. The van der Waals surface area contributed by atoms with Crippen LogP contribution >= 0.6 is 12.6 Å². The van der Waals surface area contributed by atoms with Gasteiger partial charge in [0.1, 0.15) is 5.82 Å². The van der Waals surface area contributed by atoms with E-state index in [2.05, 4.69) is 27.8 Å². The summed E-state index contributed by atoms with van der Waals surface area (Å²) in [5.74, 6) is 1.09. The zero-order valence-electron chi connectivity index (χ0n) is 23.5. The summed E-state index contributed by atoms with van der Waals surface area (Å²) >= 11 is 4.46. The molecule has 1 saturated carbocycles.